The molecule has 0 spiro atoms. The molecule has 1 amide bonds. The quantitative estimate of drug-likeness (QED) is 0.861. The van der Waals surface area contributed by atoms with Crippen LogP contribution < -0.4 is 14.8 Å². The lowest BCUT2D eigenvalue weighted by Gasteiger charge is -2.18. The Kier molecular flexibility index (Phi) is 4.03. The number of carbonyl (C=O) groups excluding carboxylic acids is 1. The van der Waals surface area contributed by atoms with Gasteiger partial charge in [0.05, 0.1) is 18.4 Å². The van der Waals surface area contributed by atoms with Gasteiger partial charge in [-0.05, 0) is 32.9 Å². The molecule has 1 aromatic heterocycles. The Bertz CT molecular complexity index is 718. The van der Waals surface area contributed by atoms with Gasteiger partial charge in [-0.3, -0.25) is 4.79 Å². The molecular weight excluding hydrogens is 294 g/mol. The highest BCUT2D eigenvalue weighted by molar-refractivity contribution is 5.94. The van der Waals surface area contributed by atoms with Crippen LogP contribution in [0, 0.1) is 6.92 Å². The van der Waals surface area contributed by atoms with Crippen molar-refractivity contribution in [1.82, 2.24) is 5.32 Å². The monoisotopic (exact) mass is 315 g/mol. The standard InChI is InChI=1S/C18H21NO4/c1-12-14(7-9-21-12)17(20)19-8-10-22-15-6-4-5-13-11-18(2,3)23-16(13)15/h4-7,9H,8,10-11H2,1-3H3,(H,19,20). The number of benzene rings is 1. The lowest BCUT2D eigenvalue weighted by molar-refractivity contribution is 0.0944. The van der Waals surface area contributed by atoms with Gasteiger partial charge in [0.15, 0.2) is 11.5 Å². The van der Waals surface area contributed by atoms with Crippen molar-refractivity contribution < 1.29 is 18.7 Å². The molecule has 0 fully saturated rings. The van der Waals surface area contributed by atoms with Gasteiger partial charge in [-0.25, -0.2) is 0 Å². The zero-order valence-electron chi connectivity index (χ0n) is 13.6. The van der Waals surface area contributed by atoms with Crippen molar-refractivity contribution in [1.29, 1.82) is 0 Å². The van der Waals surface area contributed by atoms with Crippen LogP contribution >= 0.6 is 0 Å². The summed E-state index contributed by atoms with van der Waals surface area (Å²) in [4.78, 5) is 12.0. The Morgan fingerprint density at radius 3 is 2.91 bits per heavy atom. The summed E-state index contributed by atoms with van der Waals surface area (Å²) in [7, 11) is 0. The summed E-state index contributed by atoms with van der Waals surface area (Å²) in [5.41, 5.74) is 1.51. The molecule has 1 aliphatic heterocycles. The van der Waals surface area contributed by atoms with Crippen molar-refractivity contribution in [2.75, 3.05) is 13.2 Å². The molecule has 122 valence electrons. The molecule has 0 aliphatic carbocycles. The summed E-state index contributed by atoms with van der Waals surface area (Å²) in [6.07, 6.45) is 2.38. The van der Waals surface area contributed by atoms with Gasteiger partial charge in [0.2, 0.25) is 0 Å². The third kappa shape index (κ3) is 3.33. The molecule has 0 bridgehead atoms. The second kappa shape index (κ2) is 5.99. The van der Waals surface area contributed by atoms with Crippen molar-refractivity contribution in [2.24, 2.45) is 0 Å². The molecule has 23 heavy (non-hydrogen) atoms. The number of nitrogens with one attached hydrogen (secondary N) is 1. The summed E-state index contributed by atoms with van der Waals surface area (Å²) in [6.45, 7) is 6.67. The number of furan rings is 1. The minimum absolute atomic E-state index is 0.157. The zero-order valence-corrected chi connectivity index (χ0v) is 13.6. The number of hydrogen-bond donors (Lipinski definition) is 1. The molecule has 2 heterocycles. The molecular formula is C18H21NO4. The van der Waals surface area contributed by atoms with E-state index in [-0.39, 0.29) is 11.5 Å². The second-order valence-electron chi connectivity index (χ2n) is 6.28. The molecule has 0 saturated heterocycles. The summed E-state index contributed by atoms with van der Waals surface area (Å²) in [5.74, 6) is 1.99. The van der Waals surface area contributed by atoms with Gasteiger partial charge in [-0.2, -0.15) is 0 Å². The van der Waals surface area contributed by atoms with Crippen molar-refractivity contribution in [3.63, 3.8) is 0 Å². The van der Waals surface area contributed by atoms with Crippen molar-refractivity contribution in [3.8, 4) is 11.5 Å². The van der Waals surface area contributed by atoms with E-state index >= 15 is 0 Å². The highest BCUT2D eigenvalue weighted by atomic mass is 16.5. The first-order chi connectivity index (χ1) is 11.0. The van der Waals surface area contributed by atoms with Gasteiger partial charge in [-0.1, -0.05) is 12.1 Å². The maximum Gasteiger partial charge on any atom is 0.254 e. The number of fused-ring (bicyclic) bond motifs is 1. The predicted molar refractivity (Wildman–Crippen MR) is 86.1 cm³/mol. The molecule has 5 nitrogen and oxygen atoms in total. The maximum atomic E-state index is 12.0. The van der Waals surface area contributed by atoms with E-state index in [2.05, 4.69) is 25.2 Å². The van der Waals surface area contributed by atoms with Crippen LogP contribution in [0.25, 0.3) is 0 Å². The summed E-state index contributed by atoms with van der Waals surface area (Å²) >= 11 is 0. The van der Waals surface area contributed by atoms with Gasteiger partial charge < -0.3 is 19.2 Å². The van der Waals surface area contributed by atoms with E-state index in [0.29, 0.717) is 24.5 Å². The molecule has 1 N–H and O–H groups in total. The molecule has 0 radical (unpaired) electrons. The summed E-state index contributed by atoms with van der Waals surface area (Å²) < 4.78 is 16.9. The van der Waals surface area contributed by atoms with Gasteiger partial charge in [0.1, 0.15) is 18.0 Å². The highest BCUT2D eigenvalue weighted by Gasteiger charge is 2.32. The third-order valence-corrected chi connectivity index (χ3v) is 3.80. The van der Waals surface area contributed by atoms with Crippen LogP contribution in [0.2, 0.25) is 0 Å². The minimum Gasteiger partial charge on any atom is -0.488 e. The van der Waals surface area contributed by atoms with E-state index in [1.807, 2.05) is 12.1 Å². The van der Waals surface area contributed by atoms with Crippen LogP contribution in [-0.2, 0) is 6.42 Å². The Morgan fingerprint density at radius 1 is 1.35 bits per heavy atom. The predicted octanol–water partition coefficient (Wildman–Crippen LogP) is 3.11. The van der Waals surface area contributed by atoms with Crippen molar-refractivity contribution in [2.45, 2.75) is 32.8 Å². The van der Waals surface area contributed by atoms with E-state index < -0.39 is 0 Å². The van der Waals surface area contributed by atoms with E-state index in [1.54, 1.807) is 13.0 Å². The van der Waals surface area contributed by atoms with E-state index in [1.165, 1.54) is 6.26 Å². The Balaban J connectivity index is 1.54. The number of ether oxygens (including phenoxy) is 2. The average molecular weight is 315 g/mol. The Morgan fingerprint density at radius 2 is 2.17 bits per heavy atom. The first-order valence-electron chi connectivity index (χ1n) is 7.72. The number of hydrogen-bond acceptors (Lipinski definition) is 4. The average Bonchev–Trinajstić information content (AvgIpc) is 3.05. The number of para-hydroxylation sites is 1. The molecule has 3 rings (SSSR count). The largest absolute Gasteiger partial charge is 0.488 e. The van der Waals surface area contributed by atoms with Crippen LogP contribution in [0.4, 0.5) is 0 Å². The van der Waals surface area contributed by atoms with Crippen molar-refractivity contribution >= 4 is 5.91 Å². The molecule has 0 unspecified atom stereocenters. The molecule has 0 atom stereocenters. The zero-order chi connectivity index (χ0) is 16.4. The third-order valence-electron chi connectivity index (χ3n) is 3.80. The van der Waals surface area contributed by atoms with Crippen LogP contribution in [0.3, 0.4) is 0 Å². The number of aryl methyl sites for hydroxylation is 1. The van der Waals surface area contributed by atoms with E-state index in [9.17, 15) is 4.79 Å². The fourth-order valence-electron chi connectivity index (χ4n) is 2.74. The molecule has 1 aliphatic rings. The van der Waals surface area contributed by atoms with Crippen LogP contribution in [0.5, 0.6) is 11.5 Å². The second-order valence-corrected chi connectivity index (χ2v) is 6.28. The Hall–Kier alpha value is -2.43. The number of rotatable bonds is 5. The summed E-state index contributed by atoms with van der Waals surface area (Å²) in [6, 6.07) is 7.57. The van der Waals surface area contributed by atoms with Crippen LogP contribution in [0.1, 0.15) is 35.5 Å². The van der Waals surface area contributed by atoms with Gasteiger partial charge in [0.25, 0.3) is 5.91 Å². The molecule has 5 heteroatoms. The SMILES string of the molecule is Cc1occc1C(=O)NCCOc1cccc2c1OC(C)(C)C2. The lowest BCUT2D eigenvalue weighted by Crippen LogP contribution is -2.28. The fraction of sp³-hybridized carbons (Fsp3) is 0.389. The van der Waals surface area contributed by atoms with Crippen molar-refractivity contribution in [3.05, 3.63) is 47.4 Å². The van der Waals surface area contributed by atoms with Gasteiger partial charge in [-0.15, -0.1) is 0 Å². The lowest BCUT2D eigenvalue weighted by atomic mass is 10.0. The fourth-order valence-corrected chi connectivity index (χ4v) is 2.74. The maximum absolute atomic E-state index is 12.0. The number of carbonyl (C=O) groups is 1. The molecule has 2 aromatic rings. The van der Waals surface area contributed by atoms with Gasteiger partial charge in [0, 0.05) is 12.0 Å². The van der Waals surface area contributed by atoms with Crippen LogP contribution in [0.15, 0.2) is 34.9 Å². The minimum atomic E-state index is -0.200. The highest BCUT2D eigenvalue weighted by Crippen LogP contribution is 2.41. The topological polar surface area (TPSA) is 60.7 Å². The van der Waals surface area contributed by atoms with E-state index in [4.69, 9.17) is 13.9 Å². The molecule has 1 aromatic carbocycles. The van der Waals surface area contributed by atoms with Gasteiger partial charge >= 0.3 is 0 Å². The normalized spacial score (nSPS) is 14.9. The first kappa shape index (κ1) is 15.5. The first-order valence-corrected chi connectivity index (χ1v) is 7.72. The Labute approximate surface area is 135 Å². The summed E-state index contributed by atoms with van der Waals surface area (Å²) in [5, 5.41) is 2.82. The smallest absolute Gasteiger partial charge is 0.254 e. The van der Waals surface area contributed by atoms with E-state index in [0.717, 1.165) is 23.5 Å². The van der Waals surface area contributed by atoms with Crippen LogP contribution in [-0.4, -0.2) is 24.7 Å². The number of amides is 1. The molecule has 0 saturated carbocycles.